The molecule has 0 saturated carbocycles. The van der Waals surface area contributed by atoms with Crippen molar-refractivity contribution in [2.24, 2.45) is 0 Å². The van der Waals surface area contributed by atoms with E-state index in [1.165, 1.54) is 31.2 Å². The van der Waals surface area contributed by atoms with Crippen LogP contribution in [-0.2, 0) is 19.9 Å². The number of amides is 5. The maximum atomic E-state index is 13.1. The SMILES string of the molecule is CC1(c2cccc([N+](=O)[O-])c2)NC(=O)N(CC(=O)Nc2ccccc2N2CCCC2=O)C1=O. The Morgan fingerprint density at radius 1 is 1.18 bits per heavy atom. The number of non-ortho nitro benzene ring substituents is 1. The number of carbonyl (C=O) groups excluding carboxylic acids is 4. The van der Waals surface area contributed by atoms with Gasteiger partial charge in [-0.05, 0) is 31.0 Å². The van der Waals surface area contributed by atoms with Gasteiger partial charge in [0, 0.05) is 25.1 Å². The summed E-state index contributed by atoms with van der Waals surface area (Å²) in [6.45, 7) is 1.41. The van der Waals surface area contributed by atoms with E-state index < -0.39 is 34.9 Å². The highest BCUT2D eigenvalue weighted by Gasteiger charge is 2.49. The predicted molar refractivity (Wildman–Crippen MR) is 117 cm³/mol. The van der Waals surface area contributed by atoms with Gasteiger partial charge in [0.25, 0.3) is 11.6 Å². The van der Waals surface area contributed by atoms with Crippen LogP contribution in [0.25, 0.3) is 0 Å². The number of benzene rings is 2. The van der Waals surface area contributed by atoms with Crippen LogP contribution in [0.5, 0.6) is 0 Å². The quantitative estimate of drug-likeness (QED) is 0.391. The van der Waals surface area contributed by atoms with Crippen LogP contribution in [0.15, 0.2) is 48.5 Å². The average molecular weight is 451 g/mol. The summed E-state index contributed by atoms with van der Waals surface area (Å²) >= 11 is 0. The number of nitrogens with zero attached hydrogens (tertiary/aromatic N) is 3. The number of carbonyl (C=O) groups is 4. The van der Waals surface area contributed by atoms with Crippen LogP contribution in [0.1, 0.15) is 25.3 Å². The normalized spacial score (nSPS) is 20.2. The monoisotopic (exact) mass is 451 g/mol. The van der Waals surface area contributed by atoms with Crippen LogP contribution in [0.3, 0.4) is 0 Å². The summed E-state index contributed by atoms with van der Waals surface area (Å²) in [6.07, 6.45) is 1.15. The summed E-state index contributed by atoms with van der Waals surface area (Å²) in [4.78, 5) is 63.3. The van der Waals surface area contributed by atoms with Crippen molar-refractivity contribution in [3.63, 3.8) is 0 Å². The predicted octanol–water partition coefficient (Wildman–Crippen LogP) is 2.13. The highest BCUT2D eigenvalue weighted by Crippen LogP contribution is 2.32. The van der Waals surface area contributed by atoms with Gasteiger partial charge < -0.3 is 15.5 Å². The number of anilines is 2. The fourth-order valence-electron chi connectivity index (χ4n) is 4.02. The molecule has 5 amide bonds. The molecule has 2 aromatic rings. The number of para-hydroxylation sites is 2. The standard InChI is InChI=1S/C22H21N5O6/c1-22(14-6-4-7-15(12-14)27(32)33)20(30)26(21(31)24-22)13-18(28)23-16-8-2-3-9-17(16)25-11-5-10-19(25)29/h2-4,6-9,12H,5,10-11,13H2,1H3,(H,23,28)(H,24,31). The zero-order valence-electron chi connectivity index (χ0n) is 17.7. The number of nitro groups is 1. The van der Waals surface area contributed by atoms with E-state index in [0.29, 0.717) is 24.3 Å². The Morgan fingerprint density at radius 2 is 1.94 bits per heavy atom. The molecule has 0 spiro atoms. The Kier molecular flexibility index (Phi) is 5.54. The lowest BCUT2D eigenvalue weighted by Gasteiger charge is -2.22. The summed E-state index contributed by atoms with van der Waals surface area (Å²) in [6, 6.07) is 11.4. The van der Waals surface area contributed by atoms with E-state index in [1.54, 1.807) is 29.2 Å². The summed E-state index contributed by atoms with van der Waals surface area (Å²) < 4.78 is 0. The first kappa shape index (κ1) is 21.9. The van der Waals surface area contributed by atoms with Crippen LogP contribution >= 0.6 is 0 Å². The summed E-state index contributed by atoms with van der Waals surface area (Å²) in [5.41, 5.74) is -0.599. The van der Waals surface area contributed by atoms with Crippen molar-refractivity contribution in [3.8, 4) is 0 Å². The lowest BCUT2D eigenvalue weighted by molar-refractivity contribution is -0.385. The summed E-state index contributed by atoms with van der Waals surface area (Å²) in [7, 11) is 0. The van der Waals surface area contributed by atoms with Gasteiger partial charge in [0.1, 0.15) is 12.1 Å². The molecule has 2 aliphatic heterocycles. The Bertz CT molecular complexity index is 1180. The molecule has 2 aliphatic rings. The Balaban J connectivity index is 1.51. The number of urea groups is 1. The van der Waals surface area contributed by atoms with E-state index >= 15 is 0 Å². The van der Waals surface area contributed by atoms with Gasteiger partial charge in [-0.25, -0.2) is 4.79 Å². The average Bonchev–Trinajstić information content (AvgIpc) is 3.31. The van der Waals surface area contributed by atoms with E-state index in [2.05, 4.69) is 10.6 Å². The number of nitrogens with one attached hydrogen (secondary N) is 2. The number of rotatable bonds is 6. The molecule has 4 rings (SSSR count). The minimum atomic E-state index is -1.55. The van der Waals surface area contributed by atoms with Gasteiger partial charge in [0.2, 0.25) is 11.8 Å². The number of nitro benzene ring substituents is 1. The minimum absolute atomic E-state index is 0.0430. The molecule has 11 heteroatoms. The molecule has 33 heavy (non-hydrogen) atoms. The Hall–Kier alpha value is -4.28. The molecule has 0 aliphatic carbocycles. The first-order valence-electron chi connectivity index (χ1n) is 10.3. The Labute approximate surface area is 188 Å². The van der Waals surface area contributed by atoms with Crippen LogP contribution in [0.2, 0.25) is 0 Å². The van der Waals surface area contributed by atoms with Gasteiger partial charge in [-0.1, -0.05) is 24.3 Å². The molecule has 170 valence electrons. The van der Waals surface area contributed by atoms with Crippen LogP contribution in [-0.4, -0.2) is 46.7 Å². The molecule has 11 nitrogen and oxygen atoms in total. The number of hydrogen-bond donors (Lipinski definition) is 2. The highest BCUT2D eigenvalue weighted by atomic mass is 16.6. The van der Waals surface area contributed by atoms with Gasteiger partial charge in [-0.3, -0.25) is 29.4 Å². The molecule has 0 radical (unpaired) electrons. The number of imide groups is 1. The first-order chi connectivity index (χ1) is 15.7. The second-order valence-electron chi connectivity index (χ2n) is 7.97. The van der Waals surface area contributed by atoms with Gasteiger partial charge in [-0.15, -0.1) is 0 Å². The van der Waals surface area contributed by atoms with Crippen molar-refractivity contribution in [1.29, 1.82) is 0 Å². The van der Waals surface area contributed by atoms with Crippen molar-refractivity contribution in [3.05, 3.63) is 64.2 Å². The maximum absolute atomic E-state index is 13.1. The highest BCUT2D eigenvalue weighted by molar-refractivity contribution is 6.11. The molecule has 2 N–H and O–H groups in total. The lowest BCUT2D eigenvalue weighted by Crippen LogP contribution is -2.42. The van der Waals surface area contributed by atoms with Gasteiger partial charge in [0.05, 0.1) is 16.3 Å². The van der Waals surface area contributed by atoms with Crippen molar-refractivity contribution in [2.75, 3.05) is 23.3 Å². The smallest absolute Gasteiger partial charge is 0.323 e. The topological polar surface area (TPSA) is 142 Å². The third-order valence-electron chi connectivity index (χ3n) is 5.75. The molecule has 2 fully saturated rings. The molecular formula is C22H21N5O6. The number of hydrogen-bond acceptors (Lipinski definition) is 6. The zero-order valence-corrected chi connectivity index (χ0v) is 17.7. The molecular weight excluding hydrogens is 430 g/mol. The van der Waals surface area contributed by atoms with E-state index in [4.69, 9.17) is 0 Å². The summed E-state index contributed by atoms with van der Waals surface area (Å²) in [5.74, 6) is -1.37. The lowest BCUT2D eigenvalue weighted by atomic mass is 9.91. The molecule has 2 heterocycles. The second-order valence-corrected chi connectivity index (χ2v) is 7.97. The van der Waals surface area contributed by atoms with E-state index in [0.717, 1.165) is 11.3 Å². The van der Waals surface area contributed by atoms with Gasteiger partial charge in [-0.2, -0.15) is 0 Å². The van der Waals surface area contributed by atoms with Crippen molar-refractivity contribution >= 4 is 40.8 Å². The molecule has 1 atom stereocenters. The fourth-order valence-corrected chi connectivity index (χ4v) is 4.02. The van der Waals surface area contributed by atoms with Crippen molar-refractivity contribution in [1.82, 2.24) is 10.2 Å². The van der Waals surface area contributed by atoms with E-state index in [1.807, 2.05) is 0 Å². The van der Waals surface area contributed by atoms with Crippen LogP contribution in [0, 0.1) is 10.1 Å². The van der Waals surface area contributed by atoms with Crippen LogP contribution in [0.4, 0.5) is 21.9 Å². The Morgan fingerprint density at radius 3 is 2.64 bits per heavy atom. The fraction of sp³-hybridized carbons (Fsp3) is 0.273. The van der Waals surface area contributed by atoms with Crippen molar-refractivity contribution < 1.29 is 24.1 Å². The molecule has 0 bridgehead atoms. The van der Waals surface area contributed by atoms with Gasteiger partial charge >= 0.3 is 6.03 Å². The third-order valence-corrected chi connectivity index (χ3v) is 5.75. The maximum Gasteiger partial charge on any atom is 0.325 e. The molecule has 1 unspecified atom stereocenters. The minimum Gasteiger partial charge on any atom is -0.323 e. The third kappa shape index (κ3) is 4.00. The molecule has 0 aromatic heterocycles. The zero-order chi connectivity index (χ0) is 23.8. The van der Waals surface area contributed by atoms with Gasteiger partial charge in [0.15, 0.2) is 0 Å². The second kappa shape index (κ2) is 8.34. The van der Waals surface area contributed by atoms with Crippen molar-refractivity contribution in [2.45, 2.75) is 25.3 Å². The van der Waals surface area contributed by atoms with E-state index in [9.17, 15) is 29.3 Å². The largest absolute Gasteiger partial charge is 0.325 e. The first-order valence-corrected chi connectivity index (χ1v) is 10.3. The summed E-state index contributed by atoms with van der Waals surface area (Å²) in [5, 5.41) is 16.3. The van der Waals surface area contributed by atoms with E-state index in [-0.39, 0.29) is 17.2 Å². The van der Waals surface area contributed by atoms with Crippen LogP contribution < -0.4 is 15.5 Å². The molecule has 2 saturated heterocycles. The molecule has 2 aromatic carbocycles.